The highest BCUT2D eigenvalue weighted by Gasteiger charge is 2.16. The van der Waals surface area contributed by atoms with Crippen molar-refractivity contribution in [3.8, 4) is 22.8 Å². The molecule has 52 heavy (non-hydrogen) atoms. The van der Waals surface area contributed by atoms with Gasteiger partial charge in [-0.15, -0.1) is 0 Å². The van der Waals surface area contributed by atoms with E-state index in [0.29, 0.717) is 34.2 Å². The normalized spacial score (nSPS) is 11.8. The molecule has 9 rings (SSSR count). The molecule has 248 valence electrons. The second-order valence-corrected chi connectivity index (χ2v) is 14.1. The smallest absolute Gasteiger partial charge is 0.164 e. The predicted molar refractivity (Wildman–Crippen MR) is 214 cm³/mol. The zero-order valence-electron chi connectivity index (χ0n) is 29.1. The topological polar surface area (TPSA) is 77.3 Å². The van der Waals surface area contributed by atoms with Crippen molar-refractivity contribution in [2.45, 2.75) is 26.2 Å². The molecule has 0 amide bonds. The summed E-state index contributed by atoms with van der Waals surface area (Å²) in [6.07, 6.45) is 0. The summed E-state index contributed by atoms with van der Waals surface area (Å²) < 4.78 is 0. The van der Waals surface area contributed by atoms with E-state index in [1.807, 2.05) is 60.7 Å². The number of benzene rings is 6. The molecule has 0 N–H and O–H groups in total. The van der Waals surface area contributed by atoms with Gasteiger partial charge in [0.1, 0.15) is 0 Å². The molecule has 6 nitrogen and oxygen atoms in total. The highest BCUT2D eigenvalue weighted by atomic mass is 15.0. The monoisotopic (exact) mass is 670 g/mol. The Morgan fingerprint density at radius 2 is 0.654 bits per heavy atom. The van der Waals surface area contributed by atoms with Crippen molar-refractivity contribution in [3.63, 3.8) is 0 Å². The molecule has 0 atom stereocenters. The minimum absolute atomic E-state index is 0.133. The van der Waals surface area contributed by atoms with E-state index in [1.165, 1.54) is 5.56 Å². The van der Waals surface area contributed by atoms with Crippen molar-refractivity contribution in [1.29, 1.82) is 0 Å². The summed E-state index contributed by atoms with van der Waals surface area (Å²) in [7, 11) is 0. The number of fused-ring (bicyclic) bond motifs is 18. The van der Waals surface area contributed by atoms with E-state index in [1.54, 1.807) is 0 Å². The molecule has 12 bridgehead atoms. The first-order valence-corrected chi connectivity index (χ1v) is 17.5. The van der Waals surface area contributed by atoms with Gasteiger partial charge >= 0.3 is 0 Å². The molecule has 0 aliphatic carbocycles. The summed E-state index contributed by atoms with van der Waals surface area (Å²) in [5.41, 5.74) is 5.37. The third kappa shape index (κ3) is 6.05. The Kier molecular flexibility index (Phi) is 7.58. The fraction of sp³-hybridized carbons (Fsp3) is 0.0870. The fourth-order valence-electron chi connectivity index (χ4n) is 6.57. The number of aromatic nitrogens is 6. The standard InChI is InChI=1S/C46H34N6/c1-46(2,3)39-27-37-26-38(28-39)45-50-41(30-15-8-5-9-16-30)49-44(52-45)35-21-11-18-32(24-35)31-17-10-20-34(23-31)42-47-40(29-13-6-4-7-14-29)48-43(51-42)36-22-12-19-33(37)25-36/h4-28H,1-3H3. The number of rotatable bonds is 2. The minimum Gasteiger partial charge on any atom is -0.208 e. The lowest BCUT2D eigenvalue weighted by Gasteiger charge is -2.19. The van der Waals surface area contributed by atoms with Gasteiger partial charge in [-0.3, -0.25) is 0 Å². The predicted octanol–water partition coefficient (Wildman–Crippen LogP) is 11.3. The van der Waals surface area contributed by atoms with E-state index < -0.39 is 0 Å². The van der Waals surface area contributed by atoms with Gasteiger partial charge in [0, 0.05) is 32.7 Å². The van der Waals surface area contributed by atoms with Crippen LogP contribution in [0.1, 0.15) is 26.3 Å². The van der Waals surface area contributed by atoms with Crippen molar-refractivity contribution >= 4 is 65.7 Å². The summed E-state index contributed by atoms with van der Waals surface area (Å²) in [4.78, 5) is 30.4. The molecule has 6 heteroatoms. The number of nitrogens with zero attached hydrogens (tertiary/aromatic N) is 6. The van der Waals surface area contributed by atoms with Crippen molar-refractivity contribution in [2.24, 2.45) is 0 Å². The zero-order chi connectivity index (χ0) is 35.2. The Balaban J connectivity index is 1.50. The lowest BCUT2D eigenvalue weighted by molar-refractivity contribution is 0.591. The van der Waals surface area contributed by atoms with E-state index in [2.05, 4.69) is 112 Å². The third-order valence-corrected chi connectivity index (χ3v) is 9.42. The number of hydrogen-bond acceptors (Lipinski definition) is 6. The van der Waals surface area contributed by atoms with E-state index in [-0.39, 0.29) is 5.41 Å². The molecule has 6 aromatic carbocycles. The van der Waals surface area contributed by atoms with E-state index in [4.69, 9.17) is 29.9 Å². The Bertz CT molecular complexity index is 2940. The van der Waals surface area contributed by atoms with Gasteiger partial charge < -0.3 is 0 Å². The quantitative estimate of drug-likeness (QED) is 0.182. The fourth-order valence-corrected chi connectivity index (χ4v) is 6.57. The first-order chi connectivity index (χ1) is 25.3. The second kappa shape index (κ2) is 12.6. The van der Waals surface area contributed by atoms with Crippen LogP contribution in [0.4, 0.5) is 0 Å². The van der Waals surface area contributed by atoms with Gasteiger partial charge in [0.2, 0.25) is 0 Å². The Morgan fingerprint density at radius 1 is 0.308 bits per heavy atom. The first kappa shape index (κ1) is 31.3. The number of hydrogen-bond donors (Lipinski definition) is 0. The Morgan fingerprint density at radius 3 is 1.08 bits per heavy atom. The highest BCUT2D eigenvalue weighted by molar-refractivity contribution is 5.97. The third-order valence-electron chi connectivity index (χ3n) is 9.42. The molecule has 0 aliphatic rings. The molecule has 0 radical (unpaired) electrons. The van der Waals surface area contributed by atoms with Gasteiger partial charge in [-0.05, 0) is 62.9 Å². The van der Waals surface area contributed by atoms with Gasteiger partial charge in [0.05, 0.1) is 0 Å². The van der Waals surface area contributed by atoms with Crippen LogP contribution in [0.3, 0.4) is 0 Å². The van der Waals surface area contributed by atoms with Gasteiger partial charge in [-0.2, -0.15) is 0 Å². The van der Waals surface area contributed by atoms with Crippen LogP contribution in [0.5, 0.6) is 0 Å². The molecule has 0 saturated heterocycles. The molecular formula is C46H34N6. The van der Waals surface area contributed by atoms with Crippen molar-refractivity contribution in [1.82, 2.24) is 29.9 Å². The molecule has 9 aromatic rings. The van der Waals surface area contributed by atoms with Crippen LogP contribution in [-0.2, 0) is 5.41 Å². The van der Waals surface area contributed by atoms with Crippen molar-refractivity contribution < 1.29 is 0 Å². The average Bonchev–Trinajstić information content (AvgIpc) is 3.20. The largest absolute Gasteiger partial charge is 0.208 e. The molecule has 0 fully saturated rings. The molecule has 3 aromatic heterocycles. The van der Waals surface area contributed by atoms with Crippen LogP contribution in [0.25, 0.3) is 88.5 Å². The second-order valence-electron chi connectivity index (χ2n) is 14.1. The molecule has 0 saturated carbocycles. The minimum atomic E-state index is -0.133. The summed E-state index contributed by atoms with van der Waals surface area (Å²) in [5, 5.41) is 7.79. The lowest BCUT2D eigenvalue weighted by atomic mass is 9.85. The molecule has 0 spiro atoms. The maximum Gasteiger partial charge on any atom is 0.164 e. The average molecular weight is 671 g/mol. The first-order valence-electron chi connectivity index (χ1n) is 17.5. The lowest BCUT2D eigenvalue weighted by Crippen LogP contribution is -2.10. The molecule has 0 aliphatic heterocycles. The highest BCUT2D eigenvalue weighted by Crippen LogP contribution is 2.30. The molecule has 3 heterocycles. The van der Waals surface area contributed by atoms with Crippen LogP contribution in [0.15, 0.2) is 152 Å². The molecular weight excluding hydrogens is 637 g/mol. The van der Waals surface area contributed by atoms with Crippen LogP contribution in [-0.4, -0.2) is 29.9 Å². The summed E-state index contributed by atoms with van der Waals surface area (Å²) in [6.45, 7) is 6.70. The SMILES string of the molecule is CC(C)(C)c1cc2cc(c1)c1nc(-c3ccccc3)nc(n1)c1cccc(c1)c1cccc(c1)c1nc(-c3ccccc3)nc(n1)c1cccc2c1. The van der Waals surface area contributed by atoms with Crippen LogP contribution in [0.2, 0.25) is 0 Å². The maximum atomic E-state index is 5.16. The maximum absolute atomic E-state index is 5.16. The summed E-state index contributed by atoms with van der Waals surface area (Å²) >= 11 is 0. The Hall–Kier alpha value is -6.66. The zero-order valence-corrected chi connectivity index (χ0v) is 29.1. The van der Waals surface area contributed by atoms with Gasteiger partial charge in [0.15, 0.2) is 34.2 Å². The van der Waals surface area contributed by atoms with E-state index >= 15 is 0 Å². The van der Waals surface area contributed by atoms with Crippen molar-refractivity contribution in [2.75, 3.05) is 0 Å². The Labute approximate surface area is 300 Å². The van der Waals surface area contributed by atoms with Gasteiger partial charge in [0.25, 0.3) is 0 Å². The van der Waals surface area contributed by atoms with Crippen molar-refractivity contribution in [3.05, 3.63) is 157 Å². The summed E-state index contributed by atoms with van der Waals surface area (Å²) in [6, 6.07) is 52.0. The molecule has 0 unspecified atom stereocenters. The summed E-state index contributed by atoms with van der Waals surface area (Å²) in [5.74, 6) is 1.25. The van der Waals surface area contributed by atoms with Gasteiger partial charge in [-0.1, -0.05) is 142 Å². The van der Waals surface area contributed by atoms with Gasteiger partial charge in [-0.25, -0.2) is 29.9 Å². The van der Waals surface area contributed by atoms with E-state index in [9.17, 15) is 0 Å². The van der Waals surface area contributed by atoms with Crippen LogP contribution >= 0.6 is 0 Å². The van der Waals surface area contributed by atoms with Crippen LogP contribution in [0, 0.1) is 0 Å². The van der Waals surface area contributed by atoms with E-state index in [0.717, 1.165) is 54.2 Å². The van der Waals surface area contributed by atoms with Crippen LogP contribution < -0.4 is 0 Å².